The van der Waals surface area contributed by atoms with Gasteiger partial charge in [0.2, 0.25) is 5.88 Å². The van der Waals surface area contributed by atoms with E-state index in [1.165, 1.54) is 41.8 Å². The molecule has 0 radical (unpaired) electrons. The van der Waals surface area contributed by atoms with Crippen LogP contribution in [0.5, 0.6) is 5.88 Å². The maximum absolute atomic E-state index is 13.0. The van der Waals surface area contributed by atoms with Gasteiger partial charge in [-0.05, 0) is 30.9 Å². The number of thiophene rings is 1. The minimum absolute atomic E-state index is 0.00884. The van der Waals surface area contributed by atoms with Gasteiger partial charge in [-0.15, -0.1) is 11.3 Å². The summed E-state index contributed by atoms with van der Waals surface area (Å²) in [4.78, 5) is 44.3. The van der Waals surface area contributed by atoms with Crippen LogP contribution in [-0.2, 0) is 9.59 Å². The Balaban J connectivity index is 1.83. The molecule has 1 saturated heterocycles. The molecule has 1 aliphatic rings. The van der Waals surface area contributed by atoms with E-state index in [9.17, 15) is 14.4 Å². The third-order valence-corrected chi connectivity index (χ3v) is 6.31. The molecule has 6 N–H and O–H groups in total. The molecule has 2 aromatic rings. The molecule has 0 aromatic carbocycles. The highest BCUT2D eigenvalue weighted by atomic mass is 32.1. The lowest BCUT2D eigenvalue weighted by atomic mass is 9.93. The molecule has 0 spiro atoms. The first kappa shape index (κ1) is 22.2. The number of rotatable bonds is 5. The molecule has 3 heterocycles. The van der Waals surface area contributed by atoms with Gasteiger partial charge >= 0.3 is 11.8 Å². The molecule has 2 aromatic heterocycles. The summed E-state index contributed by atoms with van der Waals surface area (Å²) in [6.07, 6.45) is 4.05. The number of nitrogen functional groups attached to an aromatic ring is 1. The predicted molar refractivity (Wildman–Crippen MR) is 117 cm³/mol. The maximum atomic E-state index is 13.0. The van der Waals surface area contributed by atoms with Gasteiger partial charge in [-0.3, -0.25) is 14.4 Å². The van der Waals surface area contributed by atoms with E-state index in [0.29, 0.717) is 23.5 Å². The zero-order valence-corrected chi connectivity index (χ0v) is 18.0. The number of hydrogen-bond donors (Lipinski definition) is 4. The van der Waals surface area contributed by atoms with Crippen LogP contribution in [-0.4, -0.2) is 47.5 Å². The molecule has 3 amide bonds. The van der Waals surface area contributed by atoms with Crippen LogP contribution >= 0.6 is 11.3 Å². The lowest BCUT2D eigenvalue weighted by Crippen LogP contribution is -2.46. The first-order chi connectivity index (χ1) is 14.7. The van der Waals surface area contributed by atoms with Gasteiger partial charge in [-0.1, -0.05) is 6.92 Å². The molecule has 2 atom stereocenters. The average Bonchev–Trinajstić information content (AvgIpc) is 3.13. The molecule has 3 rings (SSSR count). The Labute approximate surface area is 183 Å². The highest BCUT2D eigenvalue weighted by molar-refractivity contribution is 7.14. The fourth-order valence-electron chi connectivity index (χ4n) is 3.56. The number of nitrogens with zero attached hydrogens (tertiary/aromatic N) is 2. The molecule has 0 saturated carbocycles. The van der Waals surface area contributed by atoms with Crippen LogP contribution in [0.2, 0.25) is 0 Å². The van der Waals surface area contributed by atoms with Gasteiger partial charge in [-0.25, -0.2) is 4.98 Å². The van der Waals surface area contributed by atoms with E-state index in [4.69, 9.17) is 21.6 Å². The lowest BCUT2D eigenvalue weighted by Gasteiger charge is -2.37. The number of hydrogen-bond acceptors (Lipinski definition) is 8. The molecule has 164 valence electrons. The Bertz CT molecular complexity index is 1040. The normalized spacial score (nSPS) is 18.3. The Kier molecular flexibility index (Phi) is 6.54. The minimum Gasteiger partial charge on any atom is -0.480 e. The third kappa shape index (κ3) is 4.66. The van der Waals surface area contributed by atoms with Gasteiger partial charge < -0.3 is 31.8 Å². The highest BCUT2D eigenvalue weighted by Gasteiger charge is 2.35. The second-order valence-corrected chi connectivity index (χ2v) is 8.48. The summed E-state index contributed by atoms with van der Waals surface area (Å²) in [6.45, 7) is 2.44. The minimum atomic E-state index is -0.849. The van der Waals surface area contributed by atoms with E-state index in [1.807, 2.05) is 6.92 Å². The SMILES string of the molecule is COc1ncc(NC(=O)C(=O)N2C[C@@H](C)CCC2c2cc(N)c(C=N)s2)cc1C(N)=O. The van der Waals surface area contributed by atoms with Crippen molar-refractivity contribution in [3.63, 3.8) is 0 Å². The molecular weight excluding hydrogens is 420 g/mol. The third-order valence-electron chi connectivity index (χ3n) is 5.11. The Morgan fingerprint density at radius 3 is 2.71 bits per heavy atom. The summed E-state index contributed by atoms with van der Waals surface area (Å²) in [7, 11) is 1.34. The van der Waals surface area contributed by atoms with Crippen LogP contribution in [0.1, 0.15) is 45.9 Å². The molecule has 10 nitrogen and oxygen atoms in total. The number of carbonyl (C=O) groups excluding carboxylic acids is 3. The number of methoxy groups -OCH3 is 1. The number of piperidine rings is 1. The van der Waals surface area contributed by atoms with Crippen molar-refractivity contribution >= 4 is 46.6 Å². The topological polar surface area (TPSA) is 164 Å². The van der Waals surface area contributed by atoms with Crippen LogP contribution in [0.4, 0.5) is 11.4 Å². The number of aromatic nitrogens is 1. The second kappa shape index (κ2) is 9.13. The van der Waals surface area contributed by atoms with Gasteiger partial charge in [-0.2, -0.15) is 0 Å². The number of ether oxygens (including phenoxy) is 1. The van der Waals surface area contributed by atoms with E-state index in [0.717, 1.165) is 11.3 Å². The summed E-state index contributed by atoms with van der Waals surface area (Å²) in [5.74, 6) is -2.06. The Morgan fingerprint density at radius 1 is 1.35 bits per heavy atom. The van der Waals surface area contributed by atoms with Crippen LogP contribution < -0.4 is 21.5 Å². The number of carbonyl (C=O) groups is 3. The van der Waals surface area contributed by atoms with Crippen molar-refractivity contribution in [3.05, 3.63) is 33.6 Å². The van der Waals surface area contributed by atoms with Crippen molar-refractivity contribution in [2.24, 2.45) is 11.7 Å². The van der Waals surface area contributed by atoms with Crippen LogP contribution in [0.25, 0.3) is 0 Å². The summed E-state index contributed by atoms with van der Waals surface area (Å²) in [5.41, 5.74) is 11.9. The smallest absolute Gasteiger partial charge is 0.313 e. The van der Waals surface area contributed by atoms with E-state index in [2.05, 4.69) is 10.3 Å². The first-order valence-corrected chi connectivity index (χ1v) is 10.4. The monoisotopic (exact) mass is 444 g/mol. The molecule has 0 aliphatic carbocycles. The molecular formula is C20H24N6O4S. The zero-order valence-electron chi connectivity index (χ0n) is 17.2. The van der Waals surface area contributed by atoms with Crippen LogP contribution in [0, 0.1) is 11.3 Å². The van der Waals surface area contributed by atoms with Gasteiger partial charge in [0.25, 0.3) is 5.91 Å². The van der Waals surface area contributed by atoms with Crippen molar-refractivity contribution < 1.29 is 19.1 Å². The quantitative estimate of drug-likeness (QED) is 0.405. The van der Waals surface area contributed by atoms with E-state index in [-0.39, 0.29) is 29.1 Å². The van der Waals surface area contributed by atoms with Crippen molar-refractivity contribution in [2.75, 3.05) is 24.7 Å². The number of primary amides is 1. The van der Waals surface area contributed by atoms with Crippen LogP contribution in [0.3, 0.4) is 0 Å². The van der Waals surface area contributed by atoms with E-state index in [1.54, 1.807) is 6.07 Å². The molecule has 1 aliphatic heterocycles. The summed E-state index contributed by atoms with van der Waals surface area (Å²) < 4.78 is 4.98. The summed E-state index contributed by atoms with van der Waals surface area (Å²) >= 11 is 1.34. The van der Waals surface area contributed by atoms with E-state index < -0.39 is 17.7 Å². The molecule has 31 heavy (non-hydrogen) atoms. The fraction of sp³-hybridized carbons (Fsp3) is 0.350. The number of amides is 3. The highest BCUT2D eigenvalue weighted by Crippen LogP contribution is 2.38. The molecule has 1 unspecified atom stereocenters. The number of nitrogens with two attached hydrogens (primary N) is 2. The van der Waals surface area contributed by atoms with Crippen molar-refractivity contribution in [1.29, 1.82) is 5.41 Å². The summed E-state index contributed by atoms with van der Waals surface area (Å²) in [5, 5.41) is 9.95. The van der Waals surface area contributed by atoms with Gasteiger partial charge in [0.1, 0.15) is 5.56 Å². The Morgan fingerprint density at radius 2 is 2.10 bits per heavy atom. The lowest BCUT2D eigenvalue weighted by molar-refractivity contribution is -0.146. The van der Waals surface area contributed by atoms with Crippen molar-refractivity contribution in [2.45, 2.75) is 25.8 Å². The number of likely N-dealkylation sites (tertiary alicyclic amines) is 1. The van der Waals surface area contributed by atoms with Crippen LogP contribution in [0.15, 0.2) is 18.3 Å². The predicted octanol–water partition coefficient (Wildman–Crippen LogP) is 1.77. The second-order valence-electron chi connectivity index (χ2n) is 7.37. The number of nitrogens with one attached hydrogen (secondary N) is 2. The molecule has 0 bridgehead atoms. The average molecular weight is 445 g/mol. The largest absolute Gasteiger partial charge is 0.480 e. The molecule has 11 heteroatoms. The van der Waals surface area contributed by atoms with E-state index >= 15 is 0 Å². The number of anilines is 2. The molecule has 1 fully saturated rings. The summed E-state index contributed by atoms with van der Waals surface area (Å²) in [6, 6.07) is 2.77. The van der Waals surface area contributed by atoms with Gasteiger partial charge in [0, 0.05) is 17.6 Å². The van der Waals surface area contributed by atoms with Crippen molar-refractivity contribution in [3.8, 4) is 5.88 Å². The van der Waals surface area contributed by atoms with Gasteiger partial charge in [0.05, 0.1) is 35.6 Å². The van der Waals surface area contributed by atoms with Gasteiger partial charge in [0.15, 0.2) is 0 Å². The first-order valence-electron chi connectivity index (χ1n) is 9.60. The maximum Gasteiger partial charge on any atom is 0.313 e. The standard InChI is InChI=1S/C20H24N6O4S/c1-10-3-4-14(15-6-13(22)16(7-21)31-15)26(9-10)20(29)18(28)25-11-5-12(17(23)27)19(30-2)24-8-11/h5-8,10,14,21H,3-4,9,22H2,1-2H3,(H2,23,27)(H,25,28)/t10-,14?/m0/s1. The fourth-order valence-corrected chi connectivity index (χ4v) is 4.62. The number of pyridine rings is 1. The van der Waals surface area contributed by atoms with Crippen molar-refractivity contribution in [1.82, 2.24) is 9.88 Å². The zero-order chi connectivity index (χ0) is 22.7. The Hall–Kier alpha value is -3.47.